The van der Waals surface area contributed by atoms with E-state index in [0.29, 0.717) is 11.3 Å². The van der Waals surface area contributed by atoms with E-state index in [1.165, 1.54) is 4.90 Å². The molecule has 6 nitrogen and oxygen atoms in total. The summed E-state index contributed by atoms with van der Waals surface area (Å²) in [4.78, 5) is 43.1. The summed E-state index contributed by atoms with van der Waals surface area (Å²) >= 11 is 0. The Labute approximate surface area is 155 Å². The van der Waals surface area contributed by atoms with Gasteiger partial charge in [0.1, 0.15) is 5.52 Å². The minimum Gasteiger partial charge on any atom is -0.424 e. The topological polar surface area (TPSA) is 76.6 Å². The molecule has 0 radical (unpaired) electrons. The van der Waals surface area contributed by atoms with Crippen molar-refractivity contribution in [2.24, 2.45) is 23.7 Å². The number of imide groups is 1. The Hall–Kier alpha value is -3.02. The van der Waals surface area contributed by atoms with Gasteiger partial charge in [-0.05, 0) is 30.4 Å². The van der Waals surface area contributed by atoms with Crippen LogP contribution in [0.5, 0.6) is 5.75 Å². The van der Waals surface area contributed by atoms with Crippen molar-refractivity contribution in [1.82, 2.24) is 9.88 Å². The molecule has 5 rings (SSSR count). The molecule has 2 heterocycles. The van der Waals surface area contributed by atoms with Crippen molar-refractivity contribution < 1.29 is 19.1 Å². The first kappa shape index (κ1) is 16.2. The molecule has 1 aliphatic heterocycles. The van der Waals surface area contributed by atoms with Crippen molar-refractivity contribution in [1.29, 1.82) is 0 Å². The number of para-hydroxylation sites is 1. The van der Waals surface area contributed by atoms with Gasteiger partial charge in [0.05, 0.1) is 18.3 Å². The number of fused-ring (bicyclic) bond motifs is 6. The van der Waals surface area contributed by atoms with Gasteiger partial charge in [-0.1, -0.05) is 30.4 Å². The molecule has 3 aliphatic rings. The number of hydrogen-bond donors (Lipinski definition) is 0. The second kappa shape index (κ2) is 6.01. The van der Waals surface area contributed by atoms with Gasteiger partial charge < -0.3 is 4.74 Å². The molecular weight excluding hydrogens is 344 g/mol. The lowest BCUT2D eigenvalue weighted by Crippen LogP contribution is -2.35. The number of aromatic nitrogens is 1. The zero-order valence-electron chi connectivity index (χ0n) is 14.6. The van der Waals surface area contributed by atoms with Crippen LogP contribution in [0.15, 0.2) is 48.7 Å². The molecular formula is C21H18N2O4. The number of esters is 1. The molecule has 1 saturated heterocycles. The van der Waals surface area contributed by atoms with Crippen LogP contribution in [0.25, 0.3) is 10.9 Å². The van der Waals surface area contributed by atoms with E-state index < -0.39 is 5.97 Å². The number of allylic oxidation sites excluding steroid dienone is 2. The standard InChI is InChI=1S/C21H18N2O4/c24-16(27-15-5-1-3-12-4-2-9-22-19(12)15)8-10-23-20(25)17-13-6-7-14(11-13)18(17)21(23)26/h1-7,9,13-14,17-18H,8,10-11H2/t13-,14-,17-,18+/m1/s1. The number of hydrogen-bond acceptors (Lipinski definition) is 5. The molecule has 1 aromatic carbocycles. The van der Waals surface area contributed by atoms with Gasteiger partial charge in [-0.15, -0.1) is 0 Å². The minimum atomic E-state index is -0.480. The van der Waals surface area contributed by atoms with Crippen molar-refractivity contribution in [2.75, 3.05) is 6.54 Å². The lowest BCUT2D eigenvalue weighted by atomic mass is 9.85. The Bertz CT molecular complexity index is 963. The zero-order valence-corrected chi connectivity index (χ0v) is 14.6. The fourth-order valence-corrected chi connectivity index (χ4v) is 4.72. The maximum atomic E-state index is 12.6. The number of carbonyl (C=O) groups is 3. The SMILES string of the molecule is O=C(CCN1C(=O)[C@@H]2[C@H](C1=O)[C@@H]1C=C[C@@H]2C1)Oc1cccc2cccnc12. The summed E-state index contributed by atoms with van der Waals surface area (Å²) in [5.74, 6) is -0.479. The number of benzene rings is 1. The molecule has 0 N–H and O–H groups in total. The van der Waals surface area contributed by atoms with Crippen LogP contribution in [0.1, 0.15) is 12.8 Å². The van der Waals surface area contributed by atoms with Gasteiger partial charge in [0.2, 0.25) is 11.8 Å². The second-order valence-corrected chi connectivity index (χ2v) is 7.38. The third-order valence-electron chi connectivity index (χ3n) is 5.92. The summed E-state index contributed by atoms with van der Waals surface area (Å²) < 4.78 is 5.44. The first-order valence-electron chi connectivity index (χ1n) is 9.21. The van der Waals surface area contributed by atoms with Crippen LogP contribution in [0.2, 0.25) is 0 Å². The third kappa shape index (κ3) is 2.47. The number of ether oxygens (including phenoxy) is 1. The second-order valence-electron chi connectivity index (χ2n) is 7.38. The Morgan fingerprint density at radius 1 is 1.07 bits per heavy atom. The van der Waals surface area contributed by atoms with Crippen LogP contribution in [0.4, 0.5) is 0 Å². The molecule has 4 atom stereocenters. The largest absolute Gasteiger partial charge is 0.424 e. The molecule has 2 amide bonds. The molecule has 2 fully saturated rings. The monoisotopic (exact) mass is 362 g/mol. The Morgan fingerprint density at radius 3 is 2.52 bits per heavy atom. The van der Waals surface area contributed by atoms with Gasteiger partial charge in [-0.25, -0.2) is 0 Å². The van der Waals surface area contributed by atoms with Gasteiger partial charge in [-0.3, -0.25) is 24.3 Å². The summed E-state index contributed by atoms with van der Waals surface area (Å²) in [5.41, 5.74) is 0.610. The summed E-state index contributed by atoms with van der Waals surface area (Å²) in [6.07, 6.45) is 6.63. The van der Waals surface area contributed by atoms with Gasteiger partial charge in [0.15, 0.2) is 5.75 Å². The van der Waals surface area contributed by atoms with Crippen LogP contribution >= 0.6 is 0 Å². The van der Waals surface area contributed by atoms with Crippen molar-refractivity contribution in [3.8, 4) is 5.75 Å². The maximum Gasteiger partial charge on any atom is 0.313 e. The lowest BCUT2D eigenvalue weighted by molar-refractivity contribution is -0.142. The minimum absolute atomic E-state index is 0.0249. The Balaban J connectivity index is 1.26. The average Bonchev–Trinajstić information content (AvgIpc) is 3.35. The number of pyridine rings is 1. The average molecular weight is 362 g/mol. The molecule has 27 heavy (non-hydrogen) atoms. The van der Waals surface area contributed by atoms with Crippen LogP contribution in [-0.4, -0.2) is 34.2 Å². The molecule has 6 heteroatoms. The van der Waals surface area contributed by atoms with Crippen molar-refractivity contribution in [3.05, 3.63) is 48.7 Å². The highest BCUT2D eigenvalue weighted by Crippen LogP contribution is 2.52. The van der Waals surface area contributed by atoms with E-state index in [4.69, 9.17) is 4.74 Å². The van der Waals surface area contributed by atoms with Gasteiger partial charge in [-0.2, -0.15) is 0 Å². The van der Waals surface area contributed by atoms with Gasteiger partial charge in [0, 0.05) is 18.1 Å². The quantitative estimate of drug-likeness (QED) is 0.361. The molecule has 2 aromatic rings. The van der Waals surface area contributed by atoms with Crippen LogP contribution in [0, 0.1) is 23.7 Å². The third-order valence-corrected chi connectivity index (χ3v) is 5.92. The maximum absolute atomic E-state index is 12.6. The highest BCUT2D eigenvalue weighted by molar-refractivity contribution is 6.06. The highest BCUT2D eigenvalue weighted by Gasteiger charge is 2.59. The fourth-order valence-electron chi connectivity index (χ4n) is 4.72. The van der Waals surface area contributed by atoms with Crippen LogP contribution < -0.4 is 4.74 Å². The molecule has 0 unspecified atom stereocenters. The van der Waals surface area contributed by atoms with E-state index >= 15 is 0 Å². The van der Waals surface area contributed by atoms with Crippen molar-refractivity contribution >= 4 is 28.7 Å². The van der Waals surface area contributed by atoms with E-state index in [1.54, 1.807) is 18.3 Å². The normalized spacial score (nSPS) is 28.2. The van der Waals surface area contributed by atoms with E-state index in [2.05, 4.69) is 17.1 Å². The fraction of sp³-hybridized carbons (Fsp3) is 0.333. The summed E-state index contributed by atoms with van der Waals surface area (Å²) in [7, 11) is 0. The smallest absolute Gasteiger partial charge is 0.313 e. The van der Waals surface area contributed by atoms with Crippen molar-refractivity contribution in [2.45, 2.75) is 12.8 Å². The number of amides is 2. The van der Waals surface area contributed by atoms with Crippen molar-refractivity contribution in [3.63, 3.8) is 0 Å². The molecule has 1 aromatic heterocycles. The predicted molar refractivity (Wildman–Crippen MR) is 96.4 cm³/mol. The summed E-state index contributed by atoms with van der Waals surface area (Å²) in [5, 5.41) is 0.878. The van der Waals surface area contributed by atoms with E-state index in [0.717, 1.165) is 11.8 Å². The number of rotatable bonds is 4. The molecule has 136 valence electrons. The predicted octanol–water partition coefficient (Wildman–Crippen LogP) is 2.34. The van der Waals surface area contributed by atoms with Gasteiger partial charge in [0.25, 0.3) is 0 Å². The summed E-state index contributed by atoms with van der Waals surface area (Å²) in [6, 6.07) is 9.08. The zero-order chi connectivity index (χ0) is 18.5. The molecule has 1 saturated carbocycles. The van der Waals surface area contributed by atoms with Crippen LogP contribution in [-0.2, 0) is 14.4 Å². The Morgan fingerprint density at radius 2 is 1.78 bits per heavy atom. The molecule has 2 aliphatic carbocycles. The highest BCUT2D eigenvalue weighted by atomic mass is 16.5. The molecule has 0 spiro atoms. The van der Waals surface area contributed by atoms with E-state index in [9.17, 15) is 14.4 Å². The first-order valence-corrected chi connectivity index (χ1v) is 9.21. The first-order chi connectivity index (χ1) is 13.1. The molecule has 2 bridgehead atoms. The van der Waals surface area contributed by atoms with Gasteiger partial charge >= 0.3 is 5.97 Å². The number of nitrogens with zero attached hydrogens (tertiary/aromatic N) is 2. The van der Waals surface area contributed by atoms with E-state index in [-0.39, 0.29) is 48.5 Å². The Kier molecular flexibility index (Phi) is 3.60. The summed E-state index contributed by atoms with van der Waals surface area (Å²) in [6.45, 7) is 0.0706. The number of carbonyl (C=O) groups excluding carboxylic acids is 3. The lowest BCUT2D eigenvalue weighted by Gasteiger charge is -2.16. The van der Waals surface area contributed by atoms with E-state index in [1.807, 2.05) is 18.2 Å². The number of likely N-dealkylation sites (tertiary alicyclic amines) is 1. The van der Waals surface area contributed by atoms with Crippen LogP contribution in [0.3, 0.4) is 0 Å².